The summed E-state index contributed by atoms with van der Waals surface area (Å²) in [4.78, 5) is 0. The molecule has 0 N–H and O–H groups in total. The Balaban J connectivity index is 1.90. The Kier molecular flexibility index (Phi) is 4.75. The van der Waals surface area contributed by atoms with Crippen LogP contribution in [0.5, 0.6) is 0 Å². The molecule has 0 aromatic heterocycles. The molecule has 5 aromatic carbocycles. The van der Waals surface area contributed by atoms with Crippen LogP contribution in [0.15, 0.2) is 120 Å². The Morgan fingerprint density at radius 1 is 0.414 bits per heavy atom. The Labute approximate surface area is 179 Å². The predicted molar refractivity (Wildman–Crippen MR) is 128 cm³/mol. The summed E-state index contributed by atoms with van der Waals surface area (Å²) in [5.74, 6) is 0. The summed E-state index contributed by atoms with van der Waals surface area (Å²) in [5, 5.41) is 2.48. The van der Waals surface area contributed by atoms with Crippen LogP contribution < -0.4 is 0 Å². The van der Waals surface area contributed by atoms with Gasteiger partial charge in [0.1, 0.15) is 0 Å². The molecule has 5 aromatic rings. The lowest BCUT2D eigenvalue weighted by Gasteiger charge is -2.18. The molecule has 0 saturated heterocycles. The molecular formula is C28H19Br. The van der Waals surface area contributed by atoms with Crippen molar-refractivity contribution in [1.82, 2.24) is 0 Å². The zero-order valence-electron chi connectivity index (χ0n) is 15.8. The first-order valence-corrected chi connectivity index (χ1v) is 10.5. The number of hydrogen-bond donors (Lipinski definition) is 0. The predicted octanol–water partition coefficient (Wildman–Crippen LogP) is 8.60. The van der Waals surface area contributed by atoms with E-state index in [-0.39, 0.29) is 0 Å². The van der Waals surface area contributed by atoms with Gasteiger partial charge < -0.3 is 0 Å². The van der Waals surface area contributed by atoms with Crippen LogP contribution in [0.2, 0.25) is 0 Å². The molecule has 29 heavy (non-hydrogen) atoms. The van der Waals surface area contributed by atoms with Crippen LogP contribution in [0.4, 0.5) is 0 Å². The van der Waals surface area contributed by atoms with Crippen molar-refractivity contribution in [3.05, 3.63) is 120 Å². The fourth-order valence-corrected chi connectivity index (χ4v) is 4.61. The molecule has 0 aliphatic rings. The third-order valence-electron chi connectivity index (χ3n) is 5.36. The first kappa shape index (κ1) is 17.9. The third-order valence-corrected chi connectivity index (χ3v) is 6.02. The van der Waals surface area contributed by atoms with Crippen molar-refractivity contribution in [3.8, 4) is 33.4 Å². The molecule has 0 amide bonds. The van der Waals surface area contributed by atoms with Crippen LogP contribution in [0.25, 0.3) is 44.2 Å². The van der Waals surface area contributed by atoms with Gasteiger partial charge in [-0.15, -0.1) is 0 Å². The highest BCUT2D eigenvalue weighted by molar-refractivity contribution is 9.10. The number of benzene rings is 5. The quantitative estimate of drug-likeness (QED) is 0.266. The summed E-state index contributed by atoms with van der Waals surface area (Å²) >= 11 is 3.82. The topological polar surface area (TPSA) is 0 Å². The molecule has 0 atom stereocenters. The highest BCUT2D eigenvalue weighted by Crippen LogP contribution is 2.44. The van der Waals surface area contributed by atoms with Crippen molar-refractivity contribution in [3.63, 3.8) is 0 Å². The van der Waals surface area contributed by atoms with E-state index in [1.807, 2.05) is 0 Å². The molecule has 0 bridgehead atoms. The van der Waals surface area contributed by atoms with Crippen LogP contribution >= 0.6 is 15.9 Å². The van der Waals surface area contributed by atoms with Crippen molar-refractivity contribution in [1.29, 1.82) is 0 Å². The van der Waals surface area contributed by atoms with Gasteiger partial charge in [0.05, 0.1) is 0 Å². The largest absolute Gasteiger partial charge is 0.0622 e. The number of halogens is 1. The molecule has 0 aliphatic heterocycles. The lowest BCUT2D eigenvalue weighted by atomic mass is 9.86. The summed E-state index contributed by atoms with van der Waals surface area (Å²) < 4.78 is 1.12. The lowest BCUT2D eigenvalue weighted by molar-refractivity contribution is 1.57. The van der Waals surface area contributed by atoms with Gasteiger partial charge in [-0.2, -0.15) is 0 Å². The van der Waals surface area contributed by atoms with E-state index in [0.717, 1.165) is 4.47 Å². The highest BCUT2D eigenvalue weighted by atomic mass is 79.9. The van der Waals surface area contributed by atoms with E-state index in [2.05, 4.69) is 131 Å². The zero-order valence-corrected chi connectivity index (χ0v) is 17.4. The number of hydrogen-bond acceptors (Lipinski definition) is 0. The molecule has 0 aliphatic carbocycles. The fourth-order valence-electron chi connectivity index (χ4n) is 4.04. The summed E-state index contributed by atoms with van der Waals surface area (Å²) in [6, 6.07) is 40.9. The number of fused-ring (bicyclic) bond motifs is 1. The van der Waals surface area contributed by atoms with Gasteiger partial charge in [0.2, 0.25) is 0 Å². The molecule has 0 spiro atoms. The maximum absolute atomic E-state index is 3.82. The first-order valence-electron chi connectivity index (χ1n) is 9.74. The minimum Gasteiger partial charge on any atom is -0.0622 e. The van der Waals surface area contributed by atoms with E-state index in [4.69, 9.17) is 0 Å². The maximum Gasteiger partial charge on any atom is 0.0260 e. The Bertz CT molecular complexity index is 1290. The molecule has 1 heteroatoms. The Hall–Kier alpha value is -3.16. The Morgan fingerprint density at radius 3 is 1.55 bits per heavy atom. The van der Waals surface area contributed by atoms with E-state index >= 15 is 0 Å². The van der Waals surface area contributed by atoms with Crippen LogP contribution in [-0.2, 0) is 0 Å². The van der Waals surface area contributed by atoms with E-state index in [0.29, 0.717) is 0 Å². The highest BCUT2D eigenvalue weighted by Gasteiger charge is 2.17. The standard InChI is InChI=1S/C28H19Br/c29-27-19-26(21-13-5-2-6-14-21)28(25-18-10-8-16-23(25)27)24-17-9-7-15-22(24)20-11-3-1-4-12-20/h1-19H. The van der Waals surface area contributed by atoms with Gasteiger partial charge in [0.15, 0.2) is 0 Å². The number of rotatable bonds is 3. The van der Waals surface area contributed by atoms with Crippen molar-refractivity contribution in [2.45, 2.75) is 0 Å². The lowest BCUT2D eigenvalue weighted by Crippen LogP contribution is -1.92. The second-order valence-corrected chi connectivity index (χ2v) is 7.96. The van der Waals surface area contributed by atoms with E-state index in [1.54, 1.807) is 0 Å². The molecular weight excluding hydrogens is 416 g/mol. The van der Waals surface area contributed by atoms with Crippen molar-refractivity contribution >= 4 is 26.7 Å². The second kappa shape index (κ2) is 7.69. The average Bonchev–Trinajstić information content (AvgIpc) is 2.80. The summed E-state index contributed by atoms with van der Waals surface area (Å²) in [7, 11) is 0. The second-order valence-electron chi connectivity index (χ2n) is 7.10. The van der Waals surface area contributed by atoms with Gasteiger partial charge in [-0.3, -0.25) is 0 Å². The molecule has 138 valence electrons. The van der Waals surface area contributed by atoms with Gasteiger partial charge >= 0.3 is 0 Å². The minimum absolute atomic E-state index is 1.12. The smallest absolute Gasteiger partial charge is 0.0260 e. The zero-order chi connectivity index (χ0) is 19.6. The first-order chi connectivity index (χ1) is 14.3. The molecule has 0 nitrogen and oxygen atoms in total. The third kappa shape index (κ3) is 3.28. The van der Waals surface area contributed by atoms with E-state index < -0.39 is 0 Å². The molecule has 0 saturated carbocycles. The average molecular weight is 435 g/mol. The van der Waals surface area contributed by atoms with E-state index in [1.165, 1.54) is 44.2 Å². The van der Waals surface area contributed by atoms with Crippen LogP contribution in [-0.4, -0.2) is 0 Å². The SMILES string of the molecule is Brc1cc(-c2ccccc2)c(-c2ccccc2-c2ccccc2)c2ccccc12. The molecule has 0 heterocycles. The van der Waals surface area contributed by atoms with Gasteiger partial charge in [-0.05, 0) is 50.2 Å². The van der Waals surface area contributed by atoms with Crippen molar-refractivity contribution in [2.75, 3.05) is 0 Å². The van der Waals surface area contributed by atoms with Gasteiger partial charge in [0.25, 0.3) is 0 Å². The fraction of sp³-hybridized carbons (Fsp3) is 0. The van der Waals surface area contributed by atoms with Crippen molar-refractivity contribution in [2.24, 2.45) is 0 Å². The van der Waals surface area contributed by atoms with Crippen LogP contribution in [0, 0.1) is 0 Å². The van der Waals surface area contributed by atoms with Crippen LogP contribution in [0.3, 0.4) is 0 Å². The monoisotopic (exact) mass is 434 g/mol. The minimum atomic E-state index is 1.12. The molecule has 0 radical (unpaired) electrons. The normalized spacial score (nSPS) is 10.9. The Morgan fingerprint density at radius 2 is 0.897 bits per heavy atom. The van der Waals surface area contributed by atoms with E-state index in [9.17, 15) is 0 Å². The molecule has 5 rings (SSSR count). The van der Waals surface area contributed by atoms with Gasteiger partial charge in [0, 0.05) is 4.47 Å². The van der Waals surface area contributed by atoms with Gasteiger partial charge in [-0.1, -0.05) is 125 Å². The summed E-state index contributed by atoms with van der Waals surface area (Å²) in [5.41, 5.74) is 7.46. The van der Waals surface area contributed by atoms with Crippen LogP contribution in [0.1, 0.15) is 0 Å². The van der Waals surface area contributed by atoms with Crippen molar-refractivity contribution < 1.29 is 0 Å². The van der Waals surface area contributed by atoms with Gasteiger partial charge in [-0.25, -0.2) is 0 Å². The maximum atomic E-state index is 3.82. The summed E-state index contributed by atoms with van der Waals surface area (Å²) in [6.45, 7) is 0. The molecule has 0 fully saturated rings. The molecule has 0 unspecified atom stereocenters. The summed E-state index contributed by atoms with van der Waals surface area (Å²) in [6.07, 6.45) is 0.